The van der Waals surface area contributed by atoms with Gasteiger partial charge in [-0.15, -0.1) is 0 Å². The minimum atomic E-state index is -2.22. The van der Waals surface area contributed by atoms with Crippen LogP contribution in [-0.4, -0.2) is 16.4 Å². The average molecular weight is 283 g/mol. The zero-order valence-electron chi connectivity index (χ0n) is 5.21. The SMILES string of the molecule is C[C](C)C.[Cl][SnH]([Cl])[Cl]. The average Bonchev–Trinajstić information content (AvgIpc) is 1.25. The van der Waals surface area contributed by atoms with Crippen molar-refractivity contribution in [2.45, 2.75) is 20.8 Å². The van der Waals surface area contributed by atoms with Crippen LogP contribution in [0.15, 0.2) is 0 Å². The molecule has 0 fully saturated rings. The fourth-order valence-electron chi connectivity index (χ4n) is 0. The van der Waals surface area contributed by atoms with Crippen molar-refractivity contribution in [2.24, 2.45) is 0 Å². The predicted octanol–water partition coefficient (Wildman–Crippen LogP) is 3.04. The van der Waals surface area contributed by atoms with Gasteiger partial charge in [0, 0.05) is 0 Å². The Morgan fingerprint density at radius 3 is 1.00 bits per heavy atom. The molecule has 0 N–H and O–H groups in total. The second-order valence-electron chi connectivity index (χ2n) is 1.75. The first kappa shape index (κ1) is 12.4. The van der Waals surface area contributed by atoms with E-state index in [9.17, 15) is 0 Å². The Kier molecular flexibility index (Phi) is 13.4. The Morgan fingerprint density at radius 1 is 1.00 bits per heavy atom. The molecule has 0 amide bonds. The van der Waals surface area contributed by atoms with E-state index in [0.717, 1.165) is 0 Å². The molecule has 0 rings (SSSR count). The van der Waals surface area contributed by atoms with Gasteiger partial charge in [-0.3, -0.25) is 0 Å². The molecule has 51 valence electrons. The van der Waals surface area contributed by atoms with Gasteiger partial charge >= 0.3 is 43.1 Å². The van der Waals surface area contributed by atoms with E-state index < -0.39 is 16.4 Å². The summed E-state index contributed by atoms with van der Waals surface area (Å²) in [4.78, 5) is 0. The van der Waals surface area contributed by atoms with Crippen LogP contribution >= 0.6 is 26.8 Å². The van der Waals surface area contributed by atoms with Gasteiger partial charge in [-0.2, -0.15) is 0 Å². The molecule has 0 aliphatic heterocycles. The van der Waals surface area contributed by atoms with Gasteiger partial charge in [0.15, 0.2) is 0 Å². The van der Waals surface area contributed by atoms with Crippen LogP contribution in [0.5, 0.6) is 0 Å². The van der Waals surface area contributed by atoms with Crippen molar-refractivity contribution in [3.8, 4) is 0 Å². The van der Waals surface area contributed by atoms with Crippen molar-refractivity contribution >= 4 is 43.1 Å². The molecular weight excluding hydrogens is 273 g/mol. The van der Waals surface area contributed by atoms with E-state index in [4.69, 9.17) is 26.8 Å². The van der Waals surface area contributed by atoms with Crippen LogP contribution in [-0.2, 0) is 0 Å². The standard InChI is InChI=1S/C4H9.3ClH.Sn.H/c1-4(2)3;;;;;/h1-3H3;3*1H;;/q;;;;+3;/p-3. The first-order valence-corrected chi connectivity index (χ1v) is 14.7. The van der Waals surface area contributed by atoms with Gasteiger partial charge in [-0.1, -0.05) is 20.8 Å². The zero-order valence-corrected chi connectivity index (χ0v) is 10.8. The molecule has 8 heavy (non-hydrogen) atoms. The summed E-state index contributed by atoms with van der Waals surface area (Å²) in [5.41, 5.74) is 0. The summed E-state index contributed by atoms with van der Waals surface area (Å²) >= 11 is -2.22. The van der Waals surface area contributed by atoms with Crippen molar-refractivity contribution in [3.63, 3.8) is 0 Å². The Morgan fingerprint density at radius 2 is 1.00 bits per heavy atom. The zero-order chi connectivity index (χ0) is 7.15. The Balaban J connectivity index is 0. The molecule has 0 aliphatic carbocycles. The van der Waals surface area contributed by atoms with E-state index in [2.05, 4.69) is 20.8 Å². The van der Waals surface area contributed by atoms with Crippen LogP contribution in [0.25, 0.3) is 0 Å². The molecule has 0 spiro atoms. The van der Waals surface area contributed by atoms with E-state index in [1.807, 2.05) is 0 Å². The molecule has 0 atom stereocenters. The van der Waals surface area contributed by atoms with Crippen molar-refractivity contribution < 1.29 is 0 Å². The van der Waals surface area contributed by atoms with Crippen LogP contribution in [0.4, 0.5) is 0 Å². The van der Waals surface area contributed by atoms with Crippen molar-refractivity contribution in [1.29, 1.82) is 0 Å². The molecule has 0 unspecified atom stereocenters. The summed E-state index contributed by atoms with van der Waals surface area (Å²) in [6.45, 7) is 6.25. The summed E-state index contributed by atoms with van der Waals surface area (Å²) in [6, 6.07) is 0. The van der Waals surface area contributed by atoms with Crippen LogP contribution in [0.2, 0.25) is 0 Å². The third-order valence-electron chi connectivity index (χ3n) is 0. The Labute approximate surface area is 69.4 Å². The maximum absolute atomic E-state index is 5.02. The van der Waals surface area contributed by atoms with Gasteiger partial charge in [-0.25, -0.2) is 0 Å². The van der Waals surface area contributed by atoms with E-state index in [1.165, 1.54) is 5.92 Å². The van der Waals surface area contributed by atoms with E-state index in [1.54, 1.807) is 0 Å². The van der Waals surface area contributed by atoms with Crippen LogP contribution in [0.3, 0.4) is 0 Å². The maximum atomic E-state index is 5.02. The van der Waals surface area contributed by atoms with Crippen molar-refractivity contribution in [3.05, 3.63) is 5.92 Å². The second-order valence-corrected chi connectivity index (χ2v) is 16.4. The summed E-state index contributed by atoms with van der Waals surface area (Å²) in [6.07, 6.45) is 0. The normalized spacial score (nSPS) is 9.00. The minimum absolute atomic E-state index is 1.42. The van der Waals surface area contributed by atoms with Gasteiger partial charge in [-0.05, 0) is 5.92 Å². The monoisotopic (exact) mass is 283 g/mol. The van der Waals surface area contributed by atoms with Gasteiger partial charge in [0.2, 0.25) is 0 Å². The topological polar surface area (TPSA) is 0 Å². The van der Waals surface area contributed by atoms with Gasteiger partial charge in [0.05, 0.1) is 0 Å². The first-order valence-electron chi connectivity index (χ1n) is 2.15. The molecule has 4 heteroatoms. The van der Waals surface area contributed by atoms with E-state index in [0.29, 0.717) is 0 Å². The Hall–Kier alpha value is 1.67. The molecule has 0 bridgehead atoms. The summed E-state index contributed by atoms with van der Waals surface area (Å²) < 4.78 is 0. The van der Waals surface area contributed by atoms with E-state index >= 15 is 0 Å². The second kappa shape index (κ2) is 8.67. The third kappa shape index (κ3) is 122. The molecule has 0 saturated carbocycles. The van der Waals surface area contributed by atoms with Crippen LogP contribution < -0.4 is 0 Å². The van der Waals surface area contributed by atoms with Crippen molar-refractivity contribution in [2.75, 3.05) is 0 Å². The molecule has 0 aliphatic rings. The first-order chi connectivity index (χ1) is 3.46. The van der Waals surface area contributed by atoms with Crippen LogP contribution in [0, 0.1) is 5.92 Å². The van der Waals surface area contributed by atoms with Gasteiger partial charge in [0.25, 0.3) is 0 Å². The molecule has 0 nitrogen and oxygen atoms in total. The molecular formula is C4H10Cl3Sn. The quantitative estimate of drug-likeness (QED) is 0.599. The van der Waals surface area contributed by atoms with Gasteiger partial charge < -0.3 is 0 Å². The van der Waals surface area contributed by atoms with Gasteiger partial charge in [0.1, 0.15) is 0 Å². The molecule has 0 saturated heterocycles. The van der Waals surface area contributed by atoms with E-state index in [-0.39, 0.29) is 0 Å². The fourth-order valence-corrected chi connectivity index (χ4v) is 0. The molecule has 0 heterocycles. The summed E-state index contributed by atoms with van der Waals surface area (Å²) in [5, 5.41) is 0. The number of halogens is 3. The van der Waals surface area contributed by atoms with Crippen molar-refractivity contribution in [1.82, 2.24) is 0 Å². The summed E-state index contributed by atoms with van der Waals surface area (Å²) in [5.74, 6) is 1.42. The predicted molar refractivity (Wildman–Crippen MR) is 45.0 cm³/mol. The number of hydrogen-bond acceptors (Lipinski definition) is 0. The number of hydrogen-bond donors (Lipinski definition) is 0. The molecule has 1 radical (unpaired) electrons. The Bertz CT molecular complexity index is 26.8. The molecule has 0 aromatic rings. The molecule has 0 aromatic carbocycles. The summed E-state index contributed by atoms with van der Waals surface area (Å²) in [7, 11) is 15.0. The molecule has 0 aromatic heterocycles. The number of rotatable bonds is 0. The third-order valence-corrected chi connectivity index (χ3v) is 0. The van der Waals surface area contributed by atoms with Crippen LogP contribution in [0.1, 0.15) is 20.8 Å². The fraction of sp³-hybridized carbons (Fsp3) is 0.750.